The van der Waals surface area contributed by atoms with Gasteiger partial charge in [0.15, 0.2) is 0 Å². The Morgan fingerprint density at radius 3 is 2.60 bits per heavy atom. The van der Waals surface area contributed by atoms with E-state index in [0.717, 1.165) is 46.4 Å². The highest BCUT2D eigenvalue weighted by atomic mass is 16.5. The summed E-state index contributed by atoms with van der Waals surface area (Å²) in [4.78, 5) is 12.1. The van der Waals surface area contributed by atoms with Crippen molar-refractivity contribution in [3.05, 3.63) is 64.7 Å². The molecule has 1 saturated carbocycles. The number of aryl methyl sites for hydroxylation is 1. The van der Waals surface area contributed by atoms with E-state index in [0.29, 0.717) is 17.2 Å². The summed E-state index contributed by atoms with van der Waals surface area (Å²) in [5, 5.41) is 12.4. The third kappa shape index (κ3) is 3.17. The molecule has 7 heteroatoms. The topological polar surface area (TPSA) is 98.8 Å². The van der Waals surface area contributed by atoms with Gasteiger partial charge in [-0.15, -0.1) is 0 Å². The second-order valence-electron chi connectivity index (χ2n) is 7.69. The van der Waals surface area contributed by atoms with Gasteiger partial charge in [0.1, 0.15) is 5.75 Å². The van der Waals surface area contributed by atoms with E-state index in [4.69, 9.17) is 10.5 Å². The van der Waals surface area contributed by atoms with Gasteiger partial charge < -0.3 is 10.5 Å². The fourth-order valence-corrected chi connectivity index (χ4v) is 3.91. The summed E-state index contributed by atoms with van der Waals surface area (Å²) < 4.78 is 7.84. The van der Waals surface area contributed by atoms with E-state index in [1.807, 2.05) is 48.3 Å². The lowest BCUT2D eigenvalue weighted by molar-refractivity contribution is 0.120. The molecule has 1 aliphatic rings. The largest absolute Gasteiger partial charge is 0.490 e. The second kappa shape index (κ2) is 7.42. The highest BCUT2D eigenvalue weighted by Gasteiger charge is 2.19. The lowest BCUT2D eigenvalue weighted by Crippen LogP contribution is -2.24. The number of nitrogens with two attached hydrogens (primary N) is 1. The molecule has 0 bridgehead atoms. The summed E-state index contributed by atoms with van der Waals surface area (Å²) in [5.74, 6) is 0.899. The van der Waals surface area contributed by atoms with Crippen LogP contribution < -0.4 is 16.0 Å². The lowest BCUT2D eigenvalue weighted by Gasteiger charge is -2.26. The molecule has 7 nitrogen and oxygen atoms in total. The van der Waals surface area contributed by atoms with Crippen molar-refractivity contribution in [1.82, 2.24) is 20.0 Å². The maximum atomic E-state index is 12.1. The summed E-state index contributed by atoms with van der Waals surface area (Å²) in [5.41, 5.74) is 10.3. The number of ether oxygens (including phenoxy) is 1. The fraction of sp³-hybridized carbons (Fsp3) is 0.261. The zero-order valence-corrected chi connectivity index (χ0v) is 16.8. The number of H-pyrrole nitrogens is 1. The number of nitrogens with zero attached hydrogens (tertiary/aromatic N) is 3. The van der Waals surface area contributed by atoms with Crippen molar-refractivity contribution in [2.45, 2.75) is 31.9 Å². The Morgan fingerprint density at radius 1 is 1.13 bits per heavy atom. The number of fused-ring (bicyclic) bond motifs is 1. The van der Waals surface area contributed by atoms with Crippen molar-refractivity contribution >= 4 is 10.8 Å². The molecular formula is C23H23N5O2. The van der Waals surface area contributed by atoms with Crippen molar-refractivity contribution in [3.8, 4) is 28.1 Å². The van der Waals surface area contributed by atoms with Crippen LogP contribution in [-0.4, -0.2) is 26.1 Å². The molecule has 5 rings (SSSR count). The Morgan fingerprint density at radius 2 is 1.90 bits per heavy atom. The Balaban J connectivity index is 1.56. The molecule has 4 aromatic rings. The zero-order chi connectivity index (χ0) is 20.7. The maximum Gasteiger partial charge on any atom is 0.272 e. The van der Waals surface area contributed by atoms with Gasteiger partial charge in [-0.2, -0.15) is 10.2 Å². The minimum absolute atomic E-state index is 0.220. The molecule has 0 aliphatic heterocycles. The van der Waals surface area contributed by atoms with Crippen LogP contribution in [0.1, 0.15) is 25.0 Å². The number of rotatable bonds is 5. The van der Waals surface area contributed by atoms with Gasteiger partial charge in [-0.3, -0.25) is 9.48 Å². The van der Waals surface area contributed by atoms with Gasteiger partial charge in [0, 0.05) is 30.1 Å². The third-order valence-corrected chi connectivity index (χ3v) is 5.79. The van der Waals surface area contributed by atoms with Crippen LogP contribution in [0.25, 0.3) is 33.2 Å². The summed E-state index contributed by atoms with van der Waals surface area (Å²) in [6.45, 7) is 0.249. The highest BCUT2D eigenvalue weighted by Crippen LogP contribution is 2.34. The van der Waals surface area contributed by atoms with Crippen LogP contribution in [0.4, 0.5) is 0 Å². The zero-order valence-electron chi connectivity index (χ0n) is 16.8. The molecule has 0 radical (unpaired) electrons. The molecule has 0 spiro atoms. The average Bonchev–Trinajstić information content (AvgIpc) is 3.13. The van der Waals surface area contributed by atoms with E-state index < -0.39 is 0 Å². The van der Waals surface area contributed by atoms with Crippen LogP contribution >= 0.6 is 0 Å². The maximum absolute atomic E-state index is 12.1. The fourth-order valence-electron chi connectivity index (χ4n) is 3.91. The van der Waals surface area contributed by atoms with Gasteiger partial charge in [0.05, 0.1) is 29.1 Å². The molecular weight excluding hydrogens is 378 g/mol. The van der Waals surface area contributed by atoms with Crippen molar-refractivity contribution in [2.24, 2.45) is 12.8 Å². The average molecular weight is 401 g/mol. The van der Waals surface area contributed by atoms with E-state index in [9.17, 15) is 4.79 Å². The normalized spacial score (nSPS) is 14.1. The minimum Gasteiger partial charge on any atom is -0.490 e. The number of benzene rings is 2. The Labute approximate surface area is 173 Å². The predicted molar refractivity (Wildman–Crippen MR) is 116 cm³/mol. The number of nitrogens with one attached hydrogen (secondary N) is 1. The Bertz CT molecular complexity index is 1270. The van der Waals surface area contributed by atoms with E-state index in [1.54, 1.807) is 0 Å². The SMILES string of the molecule is Cn1ncc(-c2ccc3c(=O)[nH]nc(CN)c3c2)c1-c1ccc(OC2CCC2)cc1. The van der Waals surface area contributed by atoms with Crippen LogP contribution in [-0.2, 0) is 13.6 Å². The van der Waals surface area contributed by atoms with Gasteiger partial charge in [-0.25, -0.2) is 5.10 Å². The molecule has 30 heavy (non-hydrogen) atoms. The standard InChI is InChI=1S/C23H23N5O2/c1-28-22(14-5-8-17(9-6-14)30-16-3-2-4-16)20(13-25-28)15-7-10-18-19(11-15)21(12-24)26-27-23(18)29/h5-11,13,16H,2-4,12,24H2,1H3,(H,27,29). The molecule has 152 valence electrons. The van der Waals surface area contributed by atoms with Crippen molar-refractivity contribution in [3.63, 3.8) is 0 Å². The molecule has 2 aromatic heterocycles. The summed E-state index contributed by atoms with van der Waals surface area (Å²) in [6.07, 6.45) is 5.73. The number of hydrogen-bond acceptors (Lipinski definition) is 5. The number of hydrogen-bond donors (Lipinski definition) is 2. The molecule has 1 aliphatic carbocycles. The van der Waals surface area contributed by atoms with Crippen LogP contribution in [0.2, 0.25) is 0 Å². The quantitative estimate of drug-likeness (QED) is 0.534. The number of aromatic nitrogens is 4. The van der Waals surface area contributed by atoms with E-state index in [2.05, 4.69) is 27.4 Å². The third-order valence-electron chi connectivity index (χ3n) is 5.79. The van der Waals surface area contributed by atoms with Gasteiger partial charge in [-0.05, 0) is 61.2 Å². The van der Waals surface area contributed by atoms with Gasteiger partial charge in [0.25, 0.3) is 5.56 Å². The minimum atomic E-state index is -0.220. The first kappa shape index (κ1) is 18.6. The van der Waals surface area contributed by atoms with Crippen LogP contribution in [0.5, 0.6) is 5.75 Å². The molecule has 0 saturated heterocycles. The summed E-state index contributed by atoms with van der Waals surface area (Å²) >= 11 is 0. The van der Waals surface area contributed by atoms with Crippen LogP contribution in [0, 0.1) is 0 Å². The molecule has 2 heterocycles. The summed E-state index contributed by atoms with van der Waals surface area (Å²) in [7, 11) is 1.93. The number of aromatic amines is 1. The van der Waals surface area contributed by atoms with Crippen molar-refractivity contribution in [2.75, 3.05) is 0 Å². The molecule has 2 aromatic carbocycles. The summed E-state index contributed by atoms with van der Waals surface area (Å²) in [6, 6.07) is 13.9. The van der Waals surface area contributed by atoms with E-state index >= 15 is 0 Å². The van der Waals surface area contributed by atoms with Gasteiger partial charge in [-0.1, -0.05) is 6.07 Å². The van der Waals surface area contributed by atoms with E-state index in [-0.39, 0.29) is 12.1 Å². The Hall–Kier alpha value is -3.45. The van der Waals surface area contributed by atoms with Gasteiger partial charge >= 0.3 is 0 Å². The first-order valence-electron chi connectivity index (χ1n) is 10.1. The van der Waals surface area contributed by atoms with Crippen LogP contribution in [0.3, 0.4) is 0 Å². The first-order valence-corrected chi connectivity index (χ1v) is 10.1. The molecule has 0 amide bonds. The molecule has 3 N–H and O–H groups in total. The highest BCUT2D eigenvalue weighted by molar-refractivity contribution is 5.91. The lowest BCUT2D eigenvalue weighted by atomic mass is 9.96. The van der Waals surface area contributed by atoms with Gasteiger partial charge in [0.2, 0.25) is 0 Å². The monoisotopic (exact) mass is 401 g/mol. The van der Waals surface area contributed by atoms with Crippen molar-refractivity contribution in [1.29, 1.82) is 0 Å². The van der Waals surface area contributed by atoms with Crippen LogP contribution in [0.15, 0.2) is 53.5 Å². The smallest absolute Gasteiger partial charge is 0.272 e. The first-order chi connectivity index (χ1) is 14.6. The van der Waals surface area contributed by atoms with Crippen molar-refractivity contribution < 1.29 is 4.74 Å². The van der Waals surface area contributed by atoms with E-state index in [1.165, 1.54) is 6.42 Å². The molecule has 1 fully saturated rings. The molecule has 0 unspecified atom stereocenters. The predicted octanol–water partition coefficient (Wildman–Crippen LogP) is 3.38. The Kier molecular flexibility index (Phi) is 4.59. The second-order valence-corrected chi connectivity index (χ2v) is 7.69. The molecule has 0 atom stereocenters.